The fourth-order valence-electron chi connectivity index (χ4n) is 4.96. The summed E-state index contributed by atoms with van der Waals surface area (Å²) in [6.45, 7) is 2.55. The van der Waals surface area contributed by atoms with Crippen molar-refractivity contribution in [2.24, 2.45) is 0 Å². The van der Waals surface area contributed by atoms with E-state index in [4.69, 9.17) is 48.2 Å². The largest absolute Gasteiger partial charge is 0.434 e. The molecule has 0 saturated carbocycles. The van der Waals surface area contributed by atoms with Crippen LogP contribution in [0.3, 0.4) is 0 Å². The molecule has 0 bridgehead atoms. The Morgan fingerprint density at radius 1 is 1.18 bits per heavy atom. The summed E-state index contributed by atoms with van der Waals surface area (Å²) in [4.78, 5) is 16.3. The van der Waals surface area contributed by atoms with Crippen LogP contribution in [0.5, 0.6) is 0 Å². The van der Waals surface area contributed by atoms with Crippen LogP contribution >= 0.6 is 0 Å². The number of aliphatic hydroxyl groups excluding tert-OH is 1. The zero-order valence-corrected chi connectivity index (χ0v) is 22.0. The number of hydrogen-bond donors (Lipinski definition) is 1. The summed E-state index contributed by atoms with van der Waals surface area (Å²) < 4.78 is 24.1. The normalized spacial score (nSPS) is 15.4. The molecule has 2 atom stereocenters. The maximum Gasteiger partial charge on any atom is 0.434 e. The Balaban J connectivity index is 1.80. The van der Waals surface area contributed by atoms with Crippen LogP contribution in [0, 0.1) is 10.1 Å². The van der Waals surface area contributed by atoms with Crippen LogP contribution in [0.15, 0.2) is 12.4 Å². The number of unbranched alkanes of at least 4 members (excludes halogenated alkanes) is 1. The van der Waals surface area contributed by atoms with Gasteiger partial charge in [0, 0.05) is 77.3 Å². The second kappa shape index (κ2) is 17.7. The lowest BCUT2D eigenvalue weighted by atomic mass is 8.57. The summed E-state index contributed by atoms with van der Waals surface area (Å²) in [5.41, 5.74) is 0. The molecule has 2 unspecified atom stereocenters. The van der Waals surface area contributed by atoms with E-state index < -0.39 is 36.9 Å². The van der Waals surface area contributed by atoms with Gasteiger partial charge in [0.1, 0.15) is 19.1 Å². The van der Waals surface area contributed by atoms with Crippen molar-refractivity contribution >= 4 is 76.8 Å². The number of aromatic nitrogens is 2. The summed E-state index contributed by atoms with van der Waals surface area (Å²) in [6.07, 6.45) is 4.03. The van der Waals surface area contributed by atoms with E-state index in [2.05, 4.69) is 9.88 Å². The van der Waals surface area contributed by atoms with Crippen molar-refractivity contribution in [3.8, 4) is 0 Å². The van der Waals surface area contributed by atoms with Gasteiger partial charge in [-0.2, -0.15) is 0 Å². The Morgan fingerprint density at radius 3 is 2.53 bits per heavy atom. The first-order chi connectivity index (χ1) is 18.1. The molecule has 1 aromatic rings. The number of nitrogens with zero attached hydrogens (tertiary/aromatic N) is 4. The van der Waals surface area contributed by atoms with Gasteiger partial charge in [0.05, 0.1) is 45.7 Å². The highest BCUT2D eigenvalue weighted by molar-refractivity contribution is 8.01. The van der Waals surface area contributed by atoms with E-state index in [-0.39, 0.29) is 25.5 Å². The minimum absolute atomic E-state index is 0.0485. The lowest BCUT2D eigenvalue weighted by Gasteiger charge is -2.26. The van der Waals surface area contributed by atoms with Gasteiger partial charge in [-0.15, -0.1) is 0 Å². The average Bonchev–Trinajstić information content (AvgIpc) is 3.44. The smallest absolute Gasteiger partial charge is 0.390 e. The average molecular weight is 511 g/mol. The highest BCUT2D eigenvalue weighted by Gasteiger charge is 2.49. The van der Waals surface area contributed by atoms with Gasteiger partial charge in [0.15, 0.2) is 0 Å². The van der Waals surface area contributed by atoms with Gasteiger partial charge in [-0.3, -0.25) is 4.90 Å². The van der Waals surface area contributed by atoms with Crippen molar-refractivity contribution in [1.82, 2.24) is 14.5 Å². The van der Waals surface area contributed by atoms with E-state index in [0.717, 1.165) is 32.1 Å². The number of imidazole rings is 1. The van der Waals surface area contributed by atoms with Crippen LogP contribution in [-0.4, -0.2) is 154 Å². The van der Waals surface area contributed by atoms with Gasteiger partial charge in [0.2, 0.25) is 0 Å². The summed E-state index contributed by atoms with van der Waals surface area (Å²) in [5.74, 6) is 0.171. The maximum atomic E-state index is 12.1. The molecule has 0 amide bonds. The zero-order chi connectivity index (χ0) is 28.1. The van der Waals surface area contributed by atoms with E-state index in [9.17, 15) is 19.6 Å². The summed E-state index contributed by atoms with van der Waals surface area (Å²) in [5, 5.41) is 21.7. The first-order valence-corrected chi connectivity index (χ1v) is 13.2. The molecule has 190 valence electrons. The van der Waals surface area contributed by atoms with Crippen molar-refractivity contribution in [3.05, 3.63) is 22.5 Å². The molecule has 10 radical (unpaired) electrons. The molecule has 1 aromatic heterocycles. The summed E-state index contributed by atoms with van der Waals surface area (Å²) in [6, 6.07) is 0. The Hall–Kier alpha value is -0.971. The third-order valence-corrected chi connectivity index (χ3v) is 6.98. The van der Waals surface area contributed by atoms with Crippen molar-refractivity contribution in [2.45, 2.75) is 44.0 Å². The van der Waals surface area contributed by atoms with E-state index in [1.165, 1.54) is 17.0 Å². The lowest BCUT2D eigenvalue weighted by molar-refractivity contribution is -0.397. The quantitative estimate of drug-likeness (QED) is 0.0844. The second-order valence-corrected chi connectivity index (χ2v) is 9.97. The number of aliphatic hydroxyl groups is 1. The van der Waals surface area contributed by atoms with Crippen LogP contribution in [0.4, 0.5) is 10.3 Å². The van der Waals surface area contributed by atoms with Crippen molar-refractivity contribution in [2.75, 3.05) is 52.7 Å². The fraction of sp³-hybridized carbons (Fsp3) is 0.833. The Labute approximate surface area is 234 Å². The van der Waals surface area contributed by atoms with Gasteiger partial charge < -0.3 is 24.7 Å². The van der Waals surface area contributed by atoms with Gasteiger partial charge in [0.25, 0.3) is 0 Å². The van der Waals surface area contributed by atoms with Crippen LogP contribution in [0.2, 0.25) is 12.1 Å². The van der Waals surface area contributed by atoms with Crippen molar-refractivity contribution in [1.29, 1.82) is 0 Å². The van der Waals surface area contributed by atoms with Crippen molar-refractivity contribution < 1.29 is 23.9 Å². The van der Waals surface area contributed by atoms with Gasteiger partial charge in [-0.25, -0.2) is 8.96 Å². The number of rotatable bonds is 22. The van der Waals surface area contributed by atoms with Gasteiger partial charge in [-0.1, -0.05) is 30.0 Å². The minimum atomic E-state index is -0.836. The predicted molar refractivity (Wildman–Crippen MR) is 159 cm³/mol. The number of alkyl halides is 1. The zero-order valence-electron chi connectivity index (χ0n) is 22.0. The molecule has 1 aliphatic rings. The minimum Gasteiger partial charge on any atom is -0.390 e. The summed E-state index contributed by atoms with van der Waals surface area (Å²) >= 11 is 0. The van der Waals surface area contributed by atoms with Crippen LogP contribution < -0.4 is 0 Å². The third kappa shape index (κ3) is 11.6. The van der Waals surface area contributed by atoms with E-state index in [1.807, 2.05) is 0 Å². The van der Waals surface area contributed by atoms with E-state index in [0.29, 0.717) is 45.3 Å². The molecule has 9 nitrogen and oxygen atoms in total. The molecule has 0 aliphatic carbocycles. The second-order valence-electron chi connectivity index (χ2n) is 9.97. The Bertz CT molecular complexity index is 819. The topological polar surface area (TPSA) is 103 Å². The number of ether oxygens (including phenoxy) is 2. The standard InChI is InChI=1S/C18H31B10FN4O5/c19-25(20)27(23)28(26(21)22)24-13-16(24)3-1-2-6-31(8-10-38-12-11-37-9-4-29)14-17(34)15-32-7-5-30-18(32)33(35)36/h5,7,16-17,34H,1-4,6,8-15H2. The Kier molecular flexibility index (Phi) is 15.4. The molecule has 1 aliphatic heterocycles. The van der Waals surface area contributed by atoms with Crippen LogP contribution in [-0.2, 0) is 16.0 Å². The van der Waals surface area contributed by atoms with E-state index in [1.54, 1.807) is 0 Å². The molecule has 1 saturated heterocycles. The highest BCUT2D eigenvalue weighted by Crippen LogP contribution is 2.43. The molecule has 38 heavy (non-hydrogen) atoms. The molecule has 0 aromatic carbocycles. The van der Waals surface area contributed by atoms with Crippen LogP contribution in [0.1, 0.15) is 19.3 Å². The lowest BCUT2D eigenvalue weighted by Crippen LogP contribution is -2.63. The highest BCUT2D eigenvalue weighted by atomic mass is 19.1. The maximum absolute atomic E-state index is 12.1. The molecule has 1 fully saturated rings. The molecule has 0 spiro atoms. The van der Waals surface area contributed by atoms with Gasteiger partial charge in [-0.05, 0) is 17.9 Å². The van der Waals surface area contributed by atoms with Gasteiger partial charge >= 0.3 is 5.95 Å². The molecule has 2 rings (SSSR count). The monoisotopic (exact) mass is 512 g/mol. The third-order valence-electron chi connectivity index (χ3n) is 6.98. The van der Waals surface area contributed by atoms with Crippen LogP contribution in [0.25, 0.3) is 0 Å². The first kappa shape index (κ1) is 33.2. The number of nitro groups is 1. The number of halogens is 1. The first-order valence-electron chi connectivity index (χ1n) is 13.2. The molecular formula is C18H31B10FN4O5. The molecule has 20 heteroatoms. The number of hydrogen-bond acceptors (Lipinski definition) is 7. The summed E-state index contributed by atoms with van der Waals surface area (Å²) in [7, 11) is 29.6. The SMILES string of the molecule is [B]B([B])B([B])B(B([B])[B])B1CC1CCCCN(CCOCCOCCF)CC(O)Cn1ccnc1[N+](=O)[O-]. The van der Waals surface area contributed by atoms with Crippen molar-refractivity contribution in [3.63, 3.8) is 0 Å². The molecule has 1 N–H and O–H groups in total. The van der Waals surface area contributed by atoms with E-state index >= 15 is 0 Å². The Morgan fingerprint density at radius 2 is 1.89 bits per heavy atom. The molecule has 2 heterocycles. The predicted octanol–water partition coefficient (Wildman–Crippen LogP) is -1.88. The molecular weight excluding hydrogens is 479 g/mol. The fourth-order valence-corrected chi connectivity index (χ4v) is 4.96.